The predicted octanol–water partition coefficient (Wildman–Crippen LogP) is 0.298. The van der Waals surface area contributed by atoms with Gasteiger partial charge in [-0.1, -0.05) is 6.07 Å². The van der Waals surface area contributed by atoms with Crippen LogP contribution in [-0.2, 0) is 32.4 Å². The normalized spacial score (nSPS) is 11.5. The summed E-state index contributed by atoms with van der Waals surface area (Å²) < 4.78 is 66.8. The Hall–Kier alpha value is -3.75. The molecule has 0 spiro atoms. The van der Waals surface area contributed by atoms with Crippen LogP contribution in [0.15, 0.2) is 51.2 Å². The van der Waals surface area contributed by atoms with Crippen LogP contribution < -0.4 is 27.1 Å². The fourth-order valence-electron chi connectivity index (χ4n) is 2.54. The van der Waals surface area contributed by atoms with Gasteiger partial charge in [-0.3, -0.25) is 14.3 Å². The van der Waals surface area contributed by atoms with Gasteiger partial charge in [-0.15, -0.1) is 0 Å². The molecule has 0 aliphatic heterocycles. The Kier molecular flexibility index (Phi) is 7.92. The van der Waals surface area contributed by atoms with Crippen LogP contribution in [0.3, 0.4) is 0 Å². The highest BCUT2D eigenvalue weighted by Gasteiger charge is 2.31. The van der Waals surface area contributed by atoms with Gasteiger partial charge in [0.15, 0.2) is 0 Å². The Labute approximate surface area is 186 Å². The Morgan fingerprint density at radius 1 is 1.21 bits per heavy atom. The Balaban J connectivity index is 2.18. The first-order chi connectivity index (χ1) is 15.3. The molecule has 2 aromatic rings. The van der Waals surface area contributed by atoms with E-state index in [0.717, 1.165) is 28.8 Å². The van der Waals surface area contributed by atoms with E-state index in [1.165, 1.54) is 13.0 Å². The van der Waals surface area contributed by atoms with Crippen molar-refractivity contribution >= 4 is 27.6 Å². The quantitative estimate of drug-likeness (QED) is 0.169. The van der Waals surface area contributed by atoms with Crippen LogP contribution in [-0.4, -0.2) is 38.0 Å². The number of nitrogens with one attached hydrogen (secondary N) is 2. The lowest BCUT2D eigenvalue weighted by molar-refractivity contribution is -0.137. The Morgan fingerprint density at radius 3 is 2.55 bits per heavy atom. The number of rotatable bonds is 9. The third kappa shape index (κ3) is 7.13. The Bertz CT molecular complexity index is 1210. The minimum atomic E-state index is -4.75. The predicted molar refractivity (Wildman–Crippen MR) is 112 cm³/mol. The highest BCUT2D eigenvalue weighted by Crippen LogP contribution is 2.30. The molecule has 6 N–H and O–H groups in total. The molecule has 33 heavy (non-hydrogen) atoms. The van der Waals surface area contributed by atoms with Crippen molar-refractivity contribution in [3.8, 4) is 0 Å². The second kappa shape index (κ2) is 10.2. The van der Waals surface area contributed by atoms with E-state index in [1.807, 2.05) is 4.72 Å². The highest BCUT2D eigenvalue weighted by atomic mass is 32.2. The number of alkyl halides is 3. The van der Waals surface area contributed by atoms with E-state index in [9.17, 15) is 31.2 Å². The number of guanidine groups is 1. The molecule has 0 bridgehead atoms. The van der Waals surface area contributed by atoms with Gasteiger partial charge in [-0.25, -0.2) is 8.42 Å². The molecule has 1 aromatic heterocycles. The minimum Gasteiger partial charge on any atom is -0.391 e. The van der Waals surface area contributed by atoms with Crippen molar-refractivity contribution in [2.75, 3.05) is 17.9 Å². The van der Waals surface area contributed by atoms with Crippen molar-refractivity contribution in [3.63, 3.8) is 0 Å². The standard InChI is InChI=1S/C18H21F3N6O5S/c1-11-5-6-14(16(29)27(11)10-15(28)24-7-8-32-25-17(22)23)26-33(30,31)13-4-2-3-12(9-13)18(19,20)21/h2-6,9,26H,7-8,10H2,1H3,(H,24,28)(H4,22,23,25). The van der Waals surface area contributed by atoms with Gasteiger partial charge in [0.25, 0.3) is 15.6 Å². The molecule has 0 radical (unpaired) electrons. The van der Waals surface area contributed by atoms with E-state index in [-0.39, 0.29) is 19.1 Å². The molecule has 15 heteroatoms. The molecule has 180 valence electrons. The average Bonchev–Trinajstić information content (AvgIpc) is 2.72. The van der Waals surface area contributed by atoms with E-state index in [1.54, 1.807) is 0 Å². The number of amides is 1. The summed E-state index contributed by atoms with van der Waals surface area (Å²) in [6.45, 7) is 1.04. The molecule has 1 aromatic carbocycles. The van der Waals surface area contributed by atoms with E-state index in [2.05, 4.69) is 10.5 Å². The second-order valence-corrected chi connectivity index (χ2v) is 8.29. The molecule has 0 saturated heterocycles. The number of hydrogen-bond acceptors (Lipinski definition) is 6. The number of nitrogens with two attached hydrogens (primary N) is 2. The van der Waals surface area contributed by atoms with Gasteiger partial charge in [0.2, 0.25) is 11.9 Å². The third-order valence-electron chi connectivity index (χ3n) is 4.10. The lowest BCUT2D eigenvalue weighted by atomic mass is 10.2. The van der Waals surface area contributed by atoms with Crippen LogP contribution >= 0.6 is 0 Å². The van der Waals surface area contributed by atoms with Crippen molar-refractivity contribution in [3.05, 3.63) is 58.0 Å². The first-order valence-corrected chi connectivity index (χ1v) is 10.7. The van der Waals surface area contributed by atoms with Gasteiger partial charge in [-0.2, -0.15) is 13.2 Å². The molecule has 0 aliphatic carbocycles. The van der Waals surface area contributed by atoms with Gasteiger partial charge >= 0.3 is 6.18 Å². The first-order valence-electron chi connectivity index (χ1n) is 9.19. The van der Waals surface area contributed by atoms with Crippen LogP contribution in [0.2, 0.25) is 0 Å². The fraction of sp³-hybridized carbons (Fsp3) is 0.278. The largest absolute Gasteiger partial charge is 0.416 e. The molecule has 0 fully saturated rings. The van der Waals surface area contributed by atoms with Gasteiger partial charge in [0.05, 0.1) is 17.0 Å². The molecular weight excluding hydrogens is 469 g/mol. The summed E-state index contributed by atoms with van der Waals surface area (Å²) in [5.41, 5.74) is 8.02. The SMILES string of the molecule is Cc1ccc(NS(=O)(=O)c2cccc(C(F)(F)F)c2)c(=O)n1CC(=O)NCCON=C(N)N. The monoisotopic (exact) mass is 490 g/mol. The van der Waals surface area contributed by atoms with Crippen molar-refractivity contribution in [2.45, 2.75) is 24.5 Å². The van der Waals surface area contributed by atoms with E-state index >= 15 is 0 Å². The summed E-state index contributed by atoms with van der Waals surface area (Å²) in [6, 6.07) is 5.60. The molecule has 0 unspecified atom stereocenters. The van der Waals surface area contributed by atoms with Gasteiger partial charge in [0.1, 0.15) is 18.8 Å². The lowest BCUT2D eigenvalue weighted by Crippen LogP contribution is -2.36. The summed E-state index contributed by atoms with van der Waals surface area (Å²) in [7, 11) is -4.52. The number of halogens is 3. The fourth-order valence-corrected chi connectivity index (χ4v) is 3.65. The molecule has 11 nitrogen and oxygen atoms in total. The number of carbonyl (C=O) groups is 1. The van der Waals surface area contributed by atoms with Crippen molar-refractivity contribution in [2.24, 2.45) is 16.6 Å². The summed E-state index contributed by atoms with van der Waals surface area (Å²) in [5.74, 6) is -0.890. The summed E-state index contributed by atoms with van der Waals surface area (Å²) in [6.07, 6.45) is -4.75. The maximum absolute atomic E-state index is 12.9. The Morgan fingerprint density at radius 2 is 1.91 bits per heavy atom. The number of hydrogen-bond donors (Lipinski definition) is 4. The van der Waals surface area contributed by atoms with Gasteiger partial charge in [0, 0.05) is 5.69 Å². The zero-order chi connectivity index (χ0) is 24.8. The van der Waals surface area contributed by atoms with Crippen LogP contribution in [0.25, 0.3) is 0 Å². The lowest BCUT2D eigenvalue weighted by Gasteiger charge is -2.14. The van der Waals surface area contributed by atoms with Gasteiger partial charge in [-0.05, 0) is 42.4 Å². The maximum atomic E-state index is 12.9. The van der Waals surface area contributed by atoms with Crippen molar-refractivity contribution in [1.29, 1.82) is 0 Å². The number of aromatic nitrogens is 1. The van der Waals surface area contributed by atoms with Crippen molar-refractivity contribution < 1.29 is 31.2 Å². The number of anilines is 1. The van der Waals surface area contributed by atoms with E-state index < -0.39 is 50.4 Å². The summed E-state index contributed by atoms with van der Waals surface area (Å²) >= 11 is 0. The first kappa shape index (κ1) is 25.5. The molecular formula is C18H21F3N6O5S. The van der Waals surface area contributed by atoms with Crippen LogP contribution in [0.4, 0.5) is 18.9 Å². The van der Waals surface area contributed by atoms with Crippen LogP contribution in [0, 0.1) is 6.92 Å². The number of pyridine rings is 1. The number of oxime groups is 1. The zero-order valence-electron chi connectivity index (χ0n) is 17.2. The third-order valence-corrected chi connectivity index (χ3v) is 5.46. The topological polar surface area (TPSA) is 171 Å². The number of nitrogens with zero attached hydrogens (tertiary/aromatic N) is 2. The molecule has 1 amide bonds. The maximum Gasteiger partial charge on any atom is 0.416 e. The zero-order valence-corrected chi connectivity index (χ0v) is 18.0. The van der Waals surface area contributed by atoms with Crippen LogP contribution in [0.1, 0.15) is 11.3 Å². The van der Waals surface area contributed by atoms with Crippen molar-refractivity contribution in [1.82, 2.24) is 9.88 Å². The van der Waals surface area contributed by atoms with Gasteiger partial charge < -0.3 is 26.2 Å². The average molecular weight is 490 g/mol. The summed E-state index contributed by atoms with van der Waals surface area (Å²) in [5, 5.41) is 5.71. The smallest absolute Gasteiger partial charge is 0.391 e. The second-order valence-electron chi connectivity index (χ2n) is 6.61. The molecule has 2 rings (SSSR count). The number of sulfonamides is 1. The molecule has 1 heterocycles. The highest BCUT2D eigenvalue weighted by molar-refractivity contribution is 7.92. The summed E-state index contributed by atoms with van der Waals surface area (Å²) in [4.78, 5) is 28.8. The van der Waals surface area contributed by atoms with E-state index in [0.29, 0.717) is 11.8 Å². The van der Waals surface area contributed by atoms with E-state index in [4.69, 9.17) is 16.3 Å². The number of carbonyl (C=O) groups excluding carboxylic acids is 1. The molecule has 0 saturated carbocycles. The number of aryl methyl sites for hydroxylation is 1. The van der Waals surface area contributed by atoms with Crippen LogP contribution in [0.5, 0.6) is 0 Å². The minimum absolute atomic E-state index is 0.0191. The molecule has 0 aliphatic rings. The number of benzene rings is 1. The molecule has 0 atom stereocenters.